The van der Waals surface area contributed by atoms with Crippen molar-refractivity contribution < 1.29 is 14.8 Å². The van der Waals surface area contributed by atoms with Crippen LogP contribution in [-0.2, 0) is 4.79 Å². The first-order valence-corrected chi connectivity index (χ1v) is 2.72. The largest absolute Gasteiger partial charge is 0.506 e. The number of carbonyl (C=O) groups excluding carboxylic acids is 1. The number of ketones is 1. The number of hydrogen-bond donors (Lipinski definition) is 1. The summed E-state index contributed by atoms with van der Waals surface area (Å²) in [6, 6.07) is 0. The molecule has 0 aromatic carbocycles. The lowest BCUT2D eigenvalue weighted by molar-refractivity contribution is -0.420. The van der Waals surface area contributed by atoms with Crippen LogP contribution in [0.4, 0.5) is 0 Å². The zero-order chi connectivity index (χ0) is 7.72. The number of nitro groups is 1. The van der Waals surface area contributed by atoms with Crippen molar-refractivity contribution in [1.29, 1.82) is 0 Å². The molecule has 0 saturated heterocycles. The van der Waals surface area contributed by atoms with Gasteiger partial charge in [0, 0.05) is 12.8 Å². The Morgan fingerprint density at radius 1 is 1.50 bits per heavy atom. The normalized spacial score (nSPS) is 18.2. The Morgan fingerprint density at radius 3 is 2.30 bits per heavy atom. The first-order chi connectivity index (χ1) is 4.63. The van der Waals surface area contributed by atoms with Crippen LogP contribution < -0.4 is 0 Å². The minimum Gasteiger partial charge on any atom is -0.506 e. The van der Waals surface area contributed by atoms with Gasteiger partial charge in [-0.25, -0.2) is 0 Å². The third-order valence-corrected chi connectivity index (χ3v) is 1.31. The van der Waals surface area contributed by atoms with E-state index in [0.29, 0.717) is 0 Å². The summed E-state index contributed by atoms with van der Waals surface area (Å²) >= 11 is 0. The van der Waals surface area contributed by atoms with Gasteiger partial charge in [0.1, 0.15) is 0 Å². The van der Waals surface area contributed by atoms with Crippen molar-refractivity contribution in [3.8, 4) is 0 Å². The minimum absolute atomic E-state index is 0.0577. The highest BCUT2D eigenvalue weighted by Gasteiger charge is 2.33. The van der Waals surface area contributed by atoms with Gasteiger partial charge in [-0.15, -0.1) is 0 Å². The summed E-state index contributed by atoms with van der Waals surface area (Å²) in [6.07, 6.45) is 0.164. The summed E-state index contributed by atoms with van der Waals surface area (Å²) in [5.74, 6) is -0.975. The van der Waals surface area contributed by atoms with E-state index in [1.165, 1.54) is 0 Å². The van der Waals surface area contributed by atoms with Gasteiger partial charge in [-0.2, -0.15) is 0 Å². The van der Waals surface area contributed by atoms with Crippen molar-refractivity contribution in [3.63, 3.8) is 0 Å². The number of aliphatic hydroxyl groups is 1. The molecule has 0 spiro atoms. The predicted molar refractivity (Wildman–Crippen MR) is 30.9 cm³/mol. The number of allylic oxidation sites excluding steroid dienone is 2. The molecule has 5 heteroatoms. The van der Waals surface area contributed by atoms with E-state index in [-0.39, 0.29) is 12.8 Å². The maximum absolute atomic E-state index is 10.6. The lowest BCUT2D eigenvalue weighted by Gasteiger charge is -1.86. The second-order valence-electron chi connectivity index (χ2n) is 1.98. The molecule has 0 aliphatic heterocycles. The molecule has 0 heterocycles. The average Bonchev–Trinajstić information content (AvgIpc) is 2.11. The standard InChI is InChI=1S/C5H5NO4/c7-3-1-2-4(8)5(3)6(9)10/h7H,1-2H2. The van der Waals surface area contributed by atoms with Gasteiger partial charge in [0.2, 0.25) is 5.78 Å². The highest BCUT2D eigenvalue weighted by atomic mass is 16.6. The van der Waals surface area contributed by atoms with Gasteiger partial charge in [0.05, 0.1) is 4.92 Å². The molecule has 0 bridgehead atoms. The van der Waals surface area contributed by atoms with E-state index in [1.54, 1.807) is 0 Å². The highest BCUT2D eigenvalue weighted by Crippen LogP contribution is 2.20. The Balaban J connectivity index is 2.99. The molecule has 1 aliphatic rings. The van der Waals surface area contributed by atoms with Gasteiger partial charge in [0.25, 0.3) is 0 Å². The van der Waals surface area contributed by atoms with Crippen molar-refractivity contribution in [1.82, 2.24) is 0 Å². The molecular formula is C5H5NO4. The fourth-order valence-electron chi connectivity index (χ4n) is 0.837. The van der Waals surface area contributed by atoms with Crippen molar-refractivity contribution in [3.05, 3.63) is 21.6 Å². The maximum atomic E-state index is 10.6. The summed E-state index contributed by atoms with van der Waals surface area (Å²) in [7, 11) is 0. The summed E-state index contributed by atoms with van der Waals surface area (Å²) in [5.41, 5.74) is -0.639. The Kier molecular flexibility index (Phi) is 1.41. The Morgan fingerprint density at radius 2 is 2.10 bits per heavy atom. The first kappa shape index (κ1) is 6.73. The predicted octanol–water partition coefficient (Wildman–Crippen LogP) is 0.396. The molecule has 0 atom stereocenters. The van der Waals surface area contributed by atoms with Crippen LogP contribution in [0.2, 0.25) is 0 Å². The number of carbonyl (C=O) groups is 1. The molecule has 1 aliphatic carbocycles. The number of aliphatic hydroxyl groups excluding tert-OH is 1. The molecule has 5 nitrogen and oxygen atoms in total. The zero-order valence-corrected chi connectivity index (χ0v) is 5.03. The van der Waals surface area contributed by atoms with E-state index < -0.39 is 22.2 Å². The second kappa shape index (κ2) is 2.09. The van der Waals surface area contributed by atoms with E-state index in [9.17, 15) is 14.9 Å². The monoisotopic (exact) mass is 143 g/mol. The molecule has 0 unspecified atom stereocenters. The van der Waals surface area contributed by atoms with Crippen LogP contribution in [0.3, 0.4) is 0 Å². The smallest absolute Gasteiger partial charge is 0.348 e. The van der Waals surface area contributed by atoms with Crippen LogP contribution in [0.1, 0.15) is 12.8 Å². The Bertz CT molecular complexity index is 230. The molecule has 1 N–H and O–H groups in total. The van der Waals surface area contributed by atoms with Gasteiger partial charge < -0.3 is 5.11 Å². The third-order valence-electron chi connectivity index (χ3n) is 1.31. The average molecular weight is 143 g/mol. The molecule has 0 aromatic rings. The first-order valence-electron chi connectivity index (χ1n) is 2.72. The quantitative estimate of drug-likeness (QED) is 0.425. The second-order valence-corrected chi connectivity index (χ2v) is 1.98. The van der Waals surface area contributed by atoms with Crippen LogP contribution in [0.5, 0.6) is 0 Å². The summed E-state index contributed by atoms with van der Waals surface area (Å²) in [5, 5.41) is 18.7. The fourth-order valence-corrected chi connectivity index (χ4v) is 0.837. The van der Waals surface area contributed by atoms with Crippen LogP contribution >= 0.6 is 0 Å². The molecule has 0 fully saturated rings. The van der Waals surface area contributed by atoms with Crippen LogP contribution in [-0.4, -0.2) is 15.8 Å². The van der Waals surface area contributed by atoms with Crippen molar-refractivity contribution in [2.45, 2.75) is 12.8 Å². The number of hydrogen-bond acceptors (Lipinski definition) is 4. The maximum Gasteiger partial charge on any atom is 0.348 e. The van der Waals surface area contributed by atoms with Gasteiger partial charge in [-0.3, -0.25) is 14.9 Å². The van der Waals surface area contributed by atoms with Crippen molar-refractivity contribution in [2.24, 2.45) is 0 Å². The highest BCUT2D eigenvalue weighted by molar-refractivity contribution is 5.95. The molecule has 1 rings (SSSR count). The van der Waals surface area contributed by atoms with Crippen LogP contribution in [0.25, 0.3) is 0 Å². The van der Waals surface area contributed by atoms with E-state index in [4.69, 9.17) is 5.11 Å². The Labute approximate surface area is 56.1 Å². The van der Waals surface area contributed by atoms with Gasteiger partial charge >= 0.3 is 5.70 Å². The van der Waals surface area contributed by atoms with Gasteiger partial charge in [-0.1, -0.05) is 0 Å². The fraction of sp³-hybridized carbons (Fsp3) is 0.400. The molecule has 0 amide bonds. The Hall–Kier alpha value is -1.39. The van der Waals surface area contributed by atoms with Crippen molar-refractivity contribution in [2.75, 3.05) is 0 Å². The van der Waals surface area contributed by atoms with Crippen molar-refractivity contribution >= 4 is 5.78 Å². The summed E-state index contributed by atoms with van der Waals surface area (Å²) in [6.45, 7) is 0. The summed E-state index contributed by atoms with van der Waals surface area (Å²) < 4.78 is 0. The van der Waals surface area contributed by atoms with Crippen LogP contribution in [0, 0.1) is 10.1 Å². The van der Waals surface area contributed by atoms with Gasteiger partial charge in [-0.05, 0) is 0 Å². The van der Waals surface area contributed by atoms with E-state index in [0.717, 1.165) is 0 Å². The SMILES string of the molecule is O=C1CCC(O)=C1[N+](=O)[O-]. The summed E-state index contributed by atoms with van der Waals surface area (Å²) in [4.78, 5) is 19.7. The van der Waals surface area contributed by atoms with Gasteiger partial charge in [0.15, 0.2) is 5.76 Å². The number of rotatable bonds is 1. The topological polar surface area (TPSA) is 80.4 Å². The molecule has 0 radical (unpaired) electrons. The minimum atomic E-state index is -0.843. The van der Waals surface area contributed by atoms with E-state index in [1.807, 2.05) is 0 Å². The number of nitrogens with zero attached hydrogens (tertiary/aromatic N) is 1. The van der Waals surface area contributed by atoms with Crippen LogP contribution in [0.15, 0.2) is 11.5 Å². The molecular weight excluding hydrogens is 138 g/mol. The third kappa shape index (κ3) is 0.854. The van der Waals surface area contributed by atoms with E-state index in [2.05, 4.69) is 0 Å². The molecule has 54 valence electrons. The molecule has 0 aromatic heterocycles. The number of Topliss-reactive ketones (excluding diaryl/α,β-unsaturated/α-hetero) is 1. The van der Waals surface area contributed by atoms with E-state index >= 15 is 0 Å². The zero-order valence-electron chi connectivity index (χ0n) is 5.03. The molecule has 0 saturated carbocycles. The lowest BCUT2D eigenvalue weighted by atomic mass is 10.3. The molecule has 10 heavy (non-hydrogen) atoms. The lowest BCUT2D eigenvalue weighted by Crippen LogP contribution is -2.06.